The zero-order valence-electron chi connectivity index (χ0n) is 9.64. The van der Waals surface area contributed by atoms with Gasteiger partial charge in [0.25, 0.3) is 0 Å². The summed E-state index contributed by atoms with van der Waals surface area (Å²) >= 11 is 0. The molecule has 3 nitrogen and oxygen atoms in total. The molecule has 88 valence electrons. The van der Waals surface area contributed by atoms with Gasteiger partial charge in [-0.3, -0.25) is 0 Å². The first-order valence-electron chi connectivity index (χ1n) is 5.47. The molecule has 0 radical (unpaired) electrons. The lowest BCUT2D eigenvalue weighted by atomic mass is 9.89. The van der Waals surface area contributed by atoms with Crippen molar-refractivity contribution in [1.82, 2.24) is 0 Å². The van der Waals surface area contributed by atoms with Crippen LogP contribution in [0.25, 0.3) is 0 Å². The van der Waals surface area contributed by atoms with Crippen LogP contribution in [-0.2, 0) is 14.9 Å². The van der Waals surface area contributed by atoms with Crippen LogP contribution >= 0.6 is 0 Å². The number of hydrogen-bond acceptors (Lipinski definition) is 2. The van der Waals surface area contributed by atoms with Crippen LogP contribution in [0.5, 0.6) is 0 Å². The Morgan fingerprint density at radius 2 is 2.29 bits per heavy atom. The molecule has 0 spiro atoms. The summed E-state index contributed by atoms with van der Waals surface area (Å²) in [6.07, 6.45) is 6.21. The third-order valence-electron chi connectivity index (χ3n) is 3.35. The summed E-state index contributed by atoms with van der Waals surface area (Å²) in [5.41, 5.74) is 1.34. The number of aliphatic carboxylic acids is 1. The lowest BCUT2D eigenvalue weighted by Gasteiger charge is -2.22. The van der Waals surface area contributed by atoms with Gasteiger partial charge >= 0.3 is 5.97 Å². The Bertz CT molecular complexity index is 480. The van der Waals surface area contributed by atoms with Crippen LogP contribution in [0.15, 0.2) is 24.3 Å². The van der Waals surface area contributed by atoms with Crippen molar-refractivity contribution in [2.24, 2.45) is 0 Å². The van der Waals surface area contributed by atoms with E-state index in [1.54, 1.807) is 0 Å². The normalized spacial score (nSPS) is 18.1. The summed E-state index contributed by atoms with van der Waals surface area (Å²) < 4.78 is 5.12. The number of methoxy groups -OCH3 is 1. The van der Waals surface area contributed by atoms with E-state index in [0.717, 1.165) is 24.0 Å². The van der Waals surface area contributed by atoms with E-state index in [1.165, 1.54) is 7.11 Å². The molecule has 2 rings (SSSR count). The Kier molecular flexibility index (Phi) is 2.91. The molecule has 1 aromatic rings. The lowest BCUT2D eigenvalue weighted by Crippen LogP contribution is -2.35. The van der Waals surface area contributed by atoms with Crippen LogP contribution in [0, 0.1) is 12.3 Å². The van der Waals surface area contributed by atoms with Crippen LogP contribution in [0.3, 0.4) is 0 Å². The Morgan fingerprint density at radius 1 is 1.59 bits per heavy atom. The van der Waals surface area contributed by atoms with Gasteiger partial charge in [-0.05, 0) is 30.5 Å². The second kappa shape index (κ2) is 4.23. The molecule has 3 heteroatoms. The number of rotatable bonds is 4. The van der Waals surface area contributed by atoms with Gasteiger partial charge in [0.1, 0.15) is 0 Å². The maximum absolute atomic E-state index is 11.2. The third-order valence-corrected chi connectivity index (χ3v) is 3.35. The smallest absolute Gasteiger partial charge is 0.333 e. The second-order valence-corrected chi connectivity index (χ2v) is 4.34. The molecule has 0 saturated heterocycles. The van der Waals surface area contributed by atoms with Crippen molar-refractivity contribution >= 4 is 5.97 Å². The van der Waals surface area contributed by atoms with Gasteiger partial charge in [-0.25, -0.2) is 4.79 Å². The van der Waals surface area contributed by atoms with Crippen molar-refractivity contribution in [1.29, 1.82) is 0 Å². The van der Waals surface area contributed by atoms with Crippen molar-refractivity contribution < 1.29 is 14.6 Å². The quantitative estimate of drug-likeness (QED) is 0.802. The van der Waals surface area contributed by atoms with Gasteiger partial charge in [0.05, 0.1) is 0 Å². The fraction of sp³-hybridized carbons (Fsp3) is 0.357. The summed E-state index contributed by atoms with van der Waals surface area (Å²) in [5.74, 6) is 1.64. The first kappa shape index (κ1) is 11.7. The standard InChI is InChI=1S/C14H14O3/c1-3-10-5-4-6-11(9-10)14(7-8-14)12(17-2)13(15)16/h1,4-6,9,12H,7-8H2,2H3,(H,15,16). The highest BCUT2D eigenvalue weighted by atomic mass is 16.5. The van der Waals surface area contributed by atoms with Gasteiger partial charge in [-0.15, -0.1) is 6.42 Å². The molecular formula is C14H14O3. The summed E-state index contributed by atoms with van der Waals surface area (Å²) in [4.78, 5) is 11.2. The first-order valence-corrected chi connectivity index (χ1v) is 5.47. The number of benzene rings is 1. The number of terminal acetylenes is 1. The zero-order valence-corrected chi connectivity index (χ0v) is 9.64. The Balaban J connectivity index is 2.38. The van der Waals surface area contributed by atoms with Crippen molar-refractivity contribution in [2.75, 3.05) is 7.11 Å². The molecule has 1 aromatic carbocycles. The van der Waals surface area contributed by atoms with E-state index in [1.807, 2.05) is 24.3 Å². The first-order chi connectivity index (χ1) is 8.14. The highest BCUT2D eigenvalue weighted by molar-refractivity contribution is 5.76. The van der Waals surface area contributed by atoms with Crippen LogP contribution in [-0.4, -0.2) is 24.3 Å². The predicted octanol–water partition coefficient (Wildman–Crippen LogP) is 1.80. The van der Waals surface area contributed by atoms with Gasteiger partial charge < -0.3 is 9.84 Å². The topological polar surface area (TPSA) is 46.5 Å². The second-order valence-electron chi connectivity index (χ2n) is 4.34. The van der Waals surface area contributed by atoms with Gasteiger partial charge in [0.2, 0.25) is 0 Å². The maximum atomic E-state index is 11.2. The lowest BCUT2D eigenvalue weighted by molar-refractivity contribution is -0.150. The molecule has 0 bridgehead atoms. The molecular weight excluding hydrogens is 216 g/mol. The zero-order chi connectivity index (χ0) is 12.5. The molecule has 1 unspecified atom stereocenters. The van der Waals surface area contributed by atoms with Crippen LogP contribution in [0.2, 0.25) is 0 Å². The van der Waals surface area contributed by atoms with E-state index in [0.29, 0.717) is 0 Å². The van der Waals surface area contributed by atoms with Gasteiger partial charge in [-0.1, -0.05) is 18.1 Å². The number of carboxylic acids is 1. The van der Waals surface area contributed by atoms with Crippen LogP contribution < -0.4 is 0 Å². The molecule has 1 saturated carbocycles. The molecule has 0 heterocycles. The van der Waals surface area contributed by atoms with E-state index in [4.69, 9.17) is 11.2 Å². The van der Waals surface area contributed by atoms with Gasteiger partial charge in [0, 0.05) is 18.1 Å². The fourth-order valence-electron chi connectivity index (χ4n) is 2.32. The van der Waals surface area contributed by atoms with Crippen molar-refractivity contribution in [3.05, 3.63) is 35.4 Å². The minimum Gasteiger partial charge on any atom is -0.479 e. The average molecular weight is 230 g/mol. The van der Waals surface area contributed by atoms with E-state index >= 15 is 0 Å². The molecule has 1 fully saturated rings. The molecule has 1 aliphatic carbocycles. The molecule has 1 N–H and O–H groups in total. The highest BCUT2D eigenvalue weighted by Crippen LogP contribution is 2.52. The molecule has 17 heavy (non-hydrogen) atoms. The predicted molar refractivity (Wildman–Crippen MR) is 63.7 cm³/mol. The minimum atomic E-state index is -0.920. The maximum Gasteiger partial charge on any atom is 0.333 e. The van der Waals surface area contributed by atoms with Crippen molar-refractivity contribution in [3.8, 4) is 12.3 Å². The summed E-state index contributed by atoms with van der Waals surface area (Å²) in [6, 6.07) is 7.49. The minimum absolute atomic E-state index is 0.395. The third kappa shape index (κ3) is 1.92. The van der Waals surface area contributed by atoms with Crippen molar-refractivity contribution in [3.63, 3.8) is 0 Å². The summed E-state index contributed by atoms with van der Waals surface area (Å²) in [6.45, 7) is 0. The Morgan fingerprint density at radius 3 is 2.76 bits per heavy atom. The molecule has 1 aliphatic rings. The van der Waals surface area contributed by atoms with E-state index in [-0.39, 0.29) is 0 Å². The molecule has 0 aromatic heterocycles. The average Bonchev–Trinajstić information content (AvgIpc) is 3.11. The SMILES string of the molecule is C#Cc1cccc(C2(C(OC)C(=O)O)CC2)c1. The summed E-state index contributed by atoms with van der Waals surface area (Å²) in [7, 11) is 1.43. The monoisotopic (exact) mass is 230 g/mol. The van der Waals surface area contributed by atoms with E-state index in [9.17, 15) is 9.90 Å². The largest absolute Gasteiger partial charge is 0.479 e. The molecule has 0 amide bonds. The van der Waals surface area contributed by atoms with Gasteiger partial charge in [0.15, 0.2) is 6.10 Å². The van der Waals surface area contributed by atoms with Crippen molar-refractivity contribution in [2.45, 2.75) is 24.4 Å². The fourth-order valence-corrected chi connectivity index (χ4v) is 2.32. The van der Waals surface area contributed by atoms with E-state index < -0.39 is 17.5 Å². The number of ether oxygens (including phenoxy) is 1. The number of carboxylic acid groups (broad SMARTS) is 1. The van der Waals surface area contributed by atoms with Crippen LogP contribution in [0.4, 0.5) is 0 Å². The molecule has 0 aliphatic heterocycles. The number of carbonyl (C=O) groups is 1. The Hall–Kier alpha value is -1.79. The van der Waals surface area contributed by atoms with E-state index in [2.05, 4.69) is 5.92 Å². The van der Waals surface area contributed by atoms with Gasteiger partial charge in [-0.2, -0.15) is 0 Å². The number of hydrogen-bond donors (Lipinski definition) is 1. The summed E-state index contributed by atoms with van der Waals surface area (Å²) in [5, 5.41) is 9.17. The highest BCUT2D eigenvalue weighted by Gasteiger charge is 2.54. The van der Waals surface area contributed by atoms with Crippen LogP contribution in [0.1, 0.15) is 24.0 Å². The molecule has 1 atom stereocenters. The Labute approximate surface area is 100 Å².